The maximum absolute atomic E-state index is 10.9. The van der Waals surface area contributed by atoms with Gasteiger partial charge in [0.1, 0.15) is 0 Å². The summed E-state index contributed by atoms with van der Waals surface area (Å²) >= 11 is 0. The Labute approximate surface area is 79.8 Å². The molecule has 0 aliphatic rings. The van der Waals surface area contributed by atoms with Gasteiger partial charge in [-0.25, -0.2) is 0 Å². The number of nitrogens with one attached hydrogen (secondary N) is 1. The van der Waals surface area contributed by atoms with Crippen molar-refractivity contribution in [3.63, 3.8) is 0 Å². The standard InChI is InChI=1S/C7H7BN2O.C2H6/c8-10-7(11)5-2-1-3-6(9)4-5;1-2/h1-4H,9H2,(H,10,11);1-2H3. The molecule has 1 aromatic carbocycles. The minimum absolute atomic E-state index is 0.336. The molecule has 0 spiro atoms. The van der Waals surface area contributed by atoms with Crippen molar-refractivity contribution in [1.82, 2.24) is 5.23 Å². The van der Waals surface area contributed by atoms with E-state index in [0.717, 1.165) is 0 Å². The number of carbonyl (C=O) groups excluding carboxylic acids is 1. The van der Waals surface area contributed by atoms with Gasteiger partial charge in [0.15, 0.2) is 0 Å². The summed E-state index contributed by atoms with van der Waals surface area (Å²) in [5.74, 6) is -0.336. The van der Waals surface area contributed by atoms with Crippen molar-refractivity contribution >= 4 is 19.6 Å². The lowest BCUT2D eigenvalue weighted by Crippen LogP contribution is -2.19. The summed E-state index contributed by atoms with van der Waals surface area (Å²) in [7, 11) is 4.91. The van der Waals surface area contributed by atoms with Crippen LogP contribution < -0.4 is 11.0 Å². The zero-order valence-electron chi connectivity index (χ0n) is 7.87. The first-order valence-corrected chi connectivity index (χ1v) is 4.10. The highest BCUT2D eigenvalue weighted by Gasteiger charge is 2.00. The molecule has 0 heterocycles. The summed E-state index contributed by atoms with van der Waals surface area (Å²) < 4.78 is 0. The maximum atomic E-state index is 10.9. The third kappa shape index (κ3) is 3.65. The molecule has 0 aliphatic carbocycles. The summed E-state index contributed by atoms with van der Waals surface area (Å²) in [5, 5.41) is 2.01. The predicted octanol–water partition coefficient (Wildman–Crippen LogP) is 1.11. The van der Waals surface area contributed by atoms with E-state index in [-0.39, 0.29) is 5.91 Å². The lowest BCUT2D eigenvalue weighted by molar-refractivity contribution is 0.0981. The van der Waals surface area contributed by atoms with E-state index >= 15 is 0 Å². The monoisotopic (exact) mass is 176 g/mol. The number of hydrogen-bond acceptors (Lipinski definition) is 2. The summed E-state index contributed by atoms with van der Waals surface area (Å²) in [6.45, 7) is 4.00. The molecule has 0 saturated carbocycles. The Hall–Kier alpha value is -1.45. The van der Waals surface area contributed by atoms with E-state index < -0.39 is 0 Å². The Bertz CT molecular complexity index is 276. The number of benzene rings is 1. The van der Waals surface area contributed by atoms with Crippen LogP contribution in [0.15, 0.2) is 24.3 Å². The van der Waals surface area contributed by atoms with Crippen LogP contribution in [0, 0.1) is 0 Å². The summed E-state index contributed by atoms with van der Waals surface area (Å²) in [5.41, 5.74) is 6.44. The summed E-state index contributed by atoms with van der Waals surface area (Å²) in [4.78, 5) is 10.9. The van der Waals surface area contributed by atoms with Gasteiger partial charge in [-0.15, -0.1) is 0 Å². The average Bonchev–Trinajstić information content (AvgIpc) is 2.20. The Balaban J connectivity index is 0.000000671. The minimum Gasteiger partial charge on any atom is -0.405 e. The third-order valence-corrected chi connectivity index (χ3v) is 1.28. The van der Waals surface area contributed by atoms with Gasteiger partial charge in [-0.05, 0) is 18.2 Å². The van der Waals surface area contributed by atoms with Crippen molar-refractivity contribution < 1.29 is 4.79 Å². The van der Waals surface area contributed by atoms with Crippen molar-refractivity contribution in [2.24, 2.45) is 0 Å². The van der Waals surface area contributed by atoms with E-state index in [1.807, 2.05) is 19.1 Å². The van der Waals surface area contributed by atoms with E-state index in [4.69, 9.17) is 13.7 Å². The molecule has 13 heavy (non-hydrogen) atoms. The number of nitrogen functional groups attached to an aromatic ring is 1. The van der Waals surface area contributed by atoms with E-state index in [1.165, 1.54) is 0 Å². The number of nitrogens with two attached hydrogens (primary N) is 1. The number of carbonyl (C=O) groups is 1. The highest BCUT2D eigenvalue weighted by atomic mass is 16.1. The zero-order valence-corrected chi connectivity index (χ0v) is 7.87. The molecule has 0 unspecified atom stereocenters. The molecule has 3 N–H and O–H groups in total. The first-order valence-electron chi connectivity index (χ1n) is 4.10. The van der Waals surface area contributed by atoms with Crippen LogP contribution in [0.2, 0.25) is 0 Å². The van der Waals surface area contributed by atoms with E-state index in [9.17, 15) is 4.79 Å². The van der Waals surface area contributed by atoms with Gasteiger partial charge < -0.3 is 11.0 Å². The molecule has 2 radical (unpaired) electrons. The molecule has 4 heteroatoms. The second-order valence-corrected chi connectivity index (χ2v) is 2.10. The van der Waals surface area contributed by atoms with Crippen molar-refractivity contribution in [1.29, 1.82) is 0 Å². The fraction of sp³-hybridized carbons (Fsp3) is 0.222. The molecule has 0 aliphatic heterocycles. The first kappa shape index (κ1) is 11.6. The van der Waals surface area contributed by atoms with E-state index in [1.54, 1.807) is 24.3 Å². The summed E-state index contributed by atoms with van der Waals surface area (Å²) in [6.07, 6.45) is 0. The van der Waals surface area contributed by atoms with Crippen LogP contribution in [0.5, 0.6) is 0 Å². The van der Waals surface area contributed by atoms with Crippen molar-refractivity contribution in [2.75, 3.05) is 5.73 Å². The number of anilines is 1. The number of hydrogen-bond donors (Lipinski definition) is 2. The van der Waals surface area contributed by atoms with Crippen LogP contribution in [0.4, 0.5) is 5.69 Å². The second-order valence-electron chi connectivity index (χ2n) is 2.10. The summed E-state index contributed by atoms with van der Waals surface area (Å²) in [6, 6.07) is 6.59. The lowest BCUT2D eigenvalue weighted by atomic mass is 10.2. The number of amides is 1. The molecular formula is C9H13BN2O. The molecule has 0 fully saturated rings. The largest absolute Gasteiger partial charge is 0.405 e. The van der Waals surface area contributed by atoms with Crippen molar-refractivity contribution in [3.05, 3.63) is 29.8 Å². The minimum atomic E-state index is -0.336. The van der Waals surface area contributed by atoms with E-state index in [2.05, 4.69) is 0 Å². The van der Waals surface area contributed by atoms with Crippen molar-refractivity contribution in [2.45, 2.75) is 13.8 Å². The normalized spacial score (nSPS) is 8.15. The van der Waals surface area contributed by atoms with Gasteiger partial charge in [-0.3, -0.25) is 4.79 Å². The average molecular weight is 176 g/mol. The van der Waals surface area contributed by atoms with Gasteiger partial charge in [-0.2, -0.15) is 0 Å². The molecule has 0 saturated heterocycles. The van der Waals surface area contributed by atoms with Crippen LogP contribution >= 0.6 is 0 Å². The van der Waals surface area contributed by atoms with Crippen molar-refractivity contribution in [3.8, 4) is 0 Å². The molecule has 0 atom stereocenters. The van der Waals surface area contributed by atoms with Gasteiger partial charge in [0, 0.05) is 11.3 Å². The number of rotatable bonds is 1. The highest BCUT2D eigenvalue weighted by Crippen LogP contribution is 2.05. The molecule has 0 bridgehead atoms. The molecular weight excluding hydrogens is 163 g/mol. The Kier molecular flexibility index (Phi) is 5.43. The maximum Gasteiger partial charge on any atom is 0.238 e. The first-order chi connectivity index (χ1) is 6.24. The lowest BCUT2D eigenvalue weighted by Gasteiger charge is -1.99. The Morgan fingerprint density at radius 3 is 2.54 bits per heavy atom. The molecule has 3 nitrogen and oxygen atoms in total. The fourth-order valence-electron chi connectivity index (χ4n) is 0.763. The zero-order chi connectivity index (χ0) is 10.3. The molecule has 68 valence electrons. The SMILES string of the molecule is CC.[B]NC(=O)c1cccc(N)c1. The fourth-order valence-corrected chi connectivity index (χ4v) is 0.763. The van der Waals surface area contributed by atoms with Gasteiger partial charge in [0.2, 0.25) is 13.9 Å². The third-order valence-electron chi connectivity index (χ3n) is 1.28. The van der Waals surface area contributed by atoms with Crippen LogP contribution in [0.3, 0.4) is 0 Å². The Morgan fingerprint density at radius 2 is 2.08 bits per heavy atom. The van der Waals surface area contributed by atoms with Gasteiger partial charge in [0.25, 0.3) is 0 Å². The second kappa shape index (κ2) is 6.11. The van der Waals surface area contributed by atoms with Gasteiger partial charge >= 0.3 is 0 Å². The Morgan fingerprint density at radius 1 is 1.46 bits per heavy atom. The quantitative estimate of drug-likeness (QED) is 0.497. The smallest absolute Gasteiger partial charge is 0.238 e. The highest BCUT2D eigenvalue weighted by molar-refractivity contribution is 6.18. The van der Waals surface area contributed by atoms with Crippen LogP contribution in [-0.2, 0) is 0 Å². The van der Waals surface area contributed by atoms with Crippen LogP contribution in [-0.4, -0.2) is 13.9 Å². The van der Waals surface area contributed by atoms with Crippen LogP contribution in [0.25, 0.3) is 0 Å². The van der Waals surface area contributed by atoms with Crippen LogP contribution in [0.1, 0.15) is 24.2 Å². The molecule has 0 aromatic heterocycles. The van der Waals surface area contributed by atoms with Gasteiger partial charge in [0.05, 0.1) is 0 Å². The molecule has 1 rings (SSSR count). The van der Waals surface area contributed by atoms with Gasteiger partial charge in [-0.1, -0.05) is 19.9 Å². The van der Waals surface area contributed by atoms with E-state index in [0.29, 0.717) is 11.3 Å². The molecule has 1 aromatic rings. The topological polar surface area (TPSA) is 55.1 Å². The predicted molar refractivity (Wildman–Crippen MR) is 55.4 cm³/mol. The molecule has 1 amide bonds.